The lowest BCUT2D eigenvalue weighted by molar-refractivity contribution is -0.246. The molecule has 0 aliphatic carbocycles. The Morgan fingerprint density at radius 3 is 2.22 bits per heavy atom. The van der Waals surface area contributed by atoms with E-state index in [4.69, 9.17) is 14.2 Å². The quantitative estimate of drug-likeness (QED) is 0.192. The normalized spacial score (nSPS) is 27.2. The van der Waals surface area contributed by atoms with Gasteiger partial charge in [0.1, 0.15) is 24.4 Å². The SMILES string of the molecule is CCC(C)(CC)COCCC(=O)NC(C)CCOC(C)(CC)C1OC(CO)C(O)C(O)C1NC(C)=O. The van der Waals surface area contributed by atoms with Crippen molar-refractivity contribution in [3.05, 3.63) is 0 Å². The lowest BCUT2D eigenvalue weighted by atomic mass is 9.82. The molecule has 0 aromatic carbocycles. The van der Waals surface area contributed by atoms with Crippen molar-refractivity contribution in [1.29, 1.82) is 0 Å². The molecule has 0 saturated carbocycles. The smallest absolute Gasteiger partial charge is 0.222 e. The summed E-state index contributed by atoms with van der Waals surface area (Å²) in [6, 6.07) is -1.05. The summed E-state index contributed by atoms with van der Waals surface area (Å²) in [6.45, 7) is 14.2. The van der Waals surface area contributed by atoms with Crippen LogP contribution in [0.1, 0.15) is 80.6 Å². The highest BCUT2D eigenvalue weighted by Gasteiger charge is 2.51. The molecule has 36 heavy (non-hydrogen) atoms. The van der Waals surface area contributed by atoms with E-state index >= 15 is 0 Å². The van der Waals surface area contributed by atoms with Gasteiger partial charge >= 0.3 is 0 Å². The number of aliphatic hydroxyl groups is 3. The highest BCUT2D eigenvalue weighted by atomic mass is 16.6. The van der Waals surface area contributed by atoms with Gasteiger partial charge in [0, 0.05) is 26.0 Å². The fourth-order valence-corrected chi connectivity index (χ4v) is 4.25. The summed E-state index contributed by atoms with van der Waals surface area (Å²) >= 11 is 0. The van der Waals surface area contributed by atoms with E-state index in [-0.39, 0.29) is 23.3 Å². The molecule has 10 heteroatoms. The highest BCUT2D eigenvalue weighted by Crippen LogP contribution is 2.33. The Bertz CT molecular complexity index is 674. The number of rotatable bonds is 16. The molecule has 10 nitrogen and oxygen atoms in total. The zero-order valence-corrected chi connectivity index (χ0v) is 23.2. The number of nitrogens with one attached hydrogen (secondary N) is 2. The first-order valence-corrected chi connectivity index (χ1v) is 13.3. The number of amides is 2. The molecule has 1 aliphatic heterocycles. The second-order valence-corrected chi connectivity index (χ2v) is 10.6. The molecule has 1 aliphatic rings. The van der Waals surface area contributed by atoms with Crippen LogP contribution >= 0.6 is 0 Å². The van der Waals surface area contributed by atoms with Gasteiger partial charge in [-0.25, -0.2) is 0 Å². The summed E-state index contributed by atoms with van der Waals surface area (Å²) in [6.07, 6.45) is -1.11. The van der Waals surface area contributed by atoms with Crippen molar-refractivity contribution in [2.45, 2.75) is 123 Å². The summed E-state index contributed by atoms with van der Waals surface area (Å²) in [7, 11) is 0. The van der Waals surface area contributed by atoms with Gasteiger partial charge in [-0.15, -0.1) is 0 Å². The molecule has 1 heterocycles. The molecular formula is C26H50N2O8. The third kappa shape index (κ3) is 9.54. The lowest BCUT2D eigenvalue weighted by Crippen LogP contribution is -2.69. The second-order valence-electron chi connectivity index (χ2n) is 10.6. The minimum Gasteiger partial charge on any atom is -0.394 e. The van der Waals surface area contributed by atoms with Crippen LogP contribution in [0.5, 0.6) is 0 Å². The Morgan fingerprint density at radius 2 is 1.69 bits per heavy atom. The van der Waals surface area contributed by atoms with E-state index in [9.17, 15) is 24.9 Å². The fourth-order valence-electron chi connectivity index (χ4n) is 4.25. The van der Waals surface area contributed by atoms with Gasteiger partial charge in [0.05, 0.1) is 31.5 Å². The Hall–Kier alpha value is -1.30. The molecule has 5 N–H and O–H groups in total. The maximum Gasteiger partial charge on any atom is 0.222 e. The Labute approximate surface area is 216 Å². The minimum absolute atomic E-state index is 0.0836. The predicted molar refractivity (Wildman–Crippen MR) is 136 cm³/mol. The van der Waals surface area contributed by atoms with E-state index in [1.54, 1.807) is 0 Å². The van der Waals surface area contributed by atoms with Gasteiger partial charge in [-0.2, -0.15) is 0 Å². The Kier molecular flexibility index (Phi) is 13.8. The van der Waals surface area contributed by atoms with Crippen LogP contribution in [0.2, 0.25) is 0 Å². The lowest BCUT2D eigenvalue weighted by Gasteiger charge is -2.49. The van der Waals surface area contributed by atoms with Crippen molar-refractivity contribution in [3.8, 4) is 0 Å². The van der Waals surface area contributed by atoms with E-state index in [1.807, 2.05) is 20.8 Å². The molecule has 2 amide bonds. The molecule has 0 aromatic rings. The molecule has 1 saturated heterocycles. The third-order valence-electron chi connectivity index (χ3n) is 7.62. The van der Waals surface area contributed by atoms with Crippen molar-refractivity contribution in [2.75, 3.05) is 26.4 Å². The van der Waals surface area contributed by atoms with Crippen molar-refractivity contribution in [1.82, 2.24) is 10.6 Å². The predicted octanol–water partition coefficient (Wildman–Crippen LogP) is 1.29. The zero-order chi connectivity index (χ0) is 27.5. The molecule has 7 unspecified atom stereocenters. The standard InChI is InChI=1S/C26H50N2O8/c1-8-25(6,9-2)16-34-13-12-20(31)27-17(4)11-14-35-26(7,10-3)24-21(28-18(5)30)23(33)22(32)19(15-29)36-24/h17,19,21-24,29,32-33H,8-16H2,1-7H3,(H,27,31)(H,28,30). The Morgan fingerprint density at radius 1 is 1.06 bits per heavy atom. The number of carbonyl (C=O) groups excluding carboxylic acids is 2. The van der Waals surface area contributed by atoms with Gasteiger partial charge in [-0.3, -0.25) is 9.59 Å². The number of hydrogen-bond acceptors (Lipinski definition) is 8. The molecule has 0 radical (unpaired) electrons. The second kappa shape index (κ2) is 15.2. The highest BCUT2D eigenvalue weighted by molar-refractivity contribution is 5.76. The van der Waals surface area contributed by atoms with Crippen LogP contribution < -0.4 is 10.6 Å². The molecular weight excluding hydrogens is 468 g/mol. The van der Waals surface area contributed by atoms with Crippen LogP contribution in [0.4, 0.5) is 0 Å². The third-order valence-corrected chi connectivity index (χ3v) is 7.62. The fraction of sp³-hybridized carbons (Fsp3) is 0.923. The van der Waals surface area contributed by atoms with Gasteiger partial charge in [0.2, 0.25) is 11.8 Å². The molecule has 0 aromatic heterocycles. The van der Waals surface area contributed by atoms with Crippen molar-refractivity contribution >= 4 is 11.8 Å². The van der Waals surface area contributed by atoms with E-state index in [1.165, 1.54) is 6.92 Å². The number of ether oxygens (including phenoxy) is 3. The summed E-state index contributed by atoms with van der Waals surface area (Å²) < 4.78 is 17.8. The van der Waals surface area contributed by atoms with Crippen LogP contribution in [0.25, 0.3) is 0 Å². The number of hydrogen-bond donors (Lipinski definition) is 5. The van der Waals surface area contributed by atoms with Gasteiger partial charge in [-0.1, -0.05) is 27.7 Å². The molecule has 212 valence electrons. The van der Waals surface area contributed by atoms with E-state index in [0.717, 1.165) is 12.8 Å². The molecule has 0 bridgehead atoms. The number of aliphatic hydroxyl groups excluding tert-OH is 3. The van der Waals surface area contributed by atoms with E-state index < -0.39 is 42.7 Å². The average Bonchev–Trinajstić information content (AvgIpc) is 2.84. The maximum atomic E-state index is 12.3. The zero-order valence-electron chi connectivity index (χ0n) is 23.2. The van der Waals surface area contributed by atoms with Crippen molar-refractivity contribution < 1.29 is 39.1 Å². The number of carbonyl (C=O) groups is 2. The minimum atomic E-state index is -1.35. The van der Waals surface area contributed by atoms with Gasteiger partial charge < -0.3 is 40.2 Å². The van der Waals surface area contributed by atoms with Crippen LogP contribution in [-0.4, -0.2) is 95.7 Å². The molecule has 1 fully saturated rings. The maximum absolute atomic E-state index is 12.3. The van der Waals surface area contributed by atoms with Gasteiger partial charge in [0.15, 0.2) is 0 Å². The molecule has 1 rings (SSSR count). The van der Waals surface area contributed by atoms with E-state index in [2.05, 4.69) is 31.4 Å². The average molecular weight is 519 g/mol. The molecule has 7 atom stereocenters. The van der Waals surface area contributed by atoms with Gasteiger partial charge in [0.25, 0.3) is 0 Å². The summed E-state index contributed by atoms with van der Waals surface area (Å²) in [5.41, 5.74) is -0.788. The van der Waals surface area contributed by atoms with Crippen LogP contribution in [0.15, 0.2) is 0 Å². The van der Waals surface area contributed by atoms with Crippen molar-refractivity contribution in [2.24, 2.45) is 5.41 Å². The molecule has 0 spiro atoms. The van der Waals surface area contributed by atoms with Crippen LogP contribution in [0, 0.1) is 5.41 Å². The van der Waals surface area contributed by atoms with Crippen molar-refractivity contribution in [3.63, 3.8) is 0 Å². The van der Waals surface area contributed by atoms with Crippen LogP contribution in [-0.2, 0) is 23.8 Å². The first-order chi connectivity index (χ1) is 16.9. The summed E-state index contributed by atoms with van der Waals surface area (Å²) in [4.78, 5) is 24.1. The largest absolute Gasteiger partial charge is 0.394 e. The Balaban J connectivity index is 2.62. The first-order valence-electron chi connectivity index (χ1n) is 13.3. The van der Waals surface area contributed by atoms with E-state index in [0.29, 0.717) is 39.1 Å². The topological polar surface area (TPSA) is 147 Å². The van der Waals surface area contributed by atoms with Crippen LogP contribution in [0.3, 0.4) is 0 Å². The first kappa shape index (κ1) is 32.7. The summed E-state index contributed by atoms with van der Waals surface area (Å²) in [5.74, 6) is -0.463. The summed E-state index contributed by atoms with van der Waals surface area (Å²) in [5, 5.41) is 36.1. The monoisotopic (exact) mass is 518 g/mol. The van der Waals surface area contributed by atoms with Gasteiger partial charge in [-0.05, 0) is 44.9 Å².